The van der Waals surface area contributed by atoms with Crippen molar-refractivity contribution >= 4 is 5.69 Å². The van der Waals surface area contributed by atoms with E-state index in [1.807, 2.05) is 12.1 Å². The maximum Gasteiger partial charge on any atom is 0.125 e. The van der Waals surface area contributed by atoms with E-state index in [2.05, 4.69) is 11.0 Å². The molecular weight excluding hydrogens is 228 g/mol. The summed E-state index contributed by atoms with van der Waals surface area (Å²) in [4.78, 5) is 2.43. The Kier molecular flexibility index (Phi) is 4.44. The highest BCUT2D eigenvalue weighted by atomic mass is 16.5. The highest BCUT2D eigenvalue weighted by Gasteiger charge is 2.19. The number of likely N-dealkylation sites (tertiary alicyclic amines) is 1. The predicted molar refractivity (Wildman–Crippen MR) is 72.7 cm³/mol. The van der Waals surface area contributed by atoms with Crippen LogP contribution >= 0.6 is 0 Å². The molecule has 0 amide bonds. The Labute approximate surface area is 109 Å². The zero-order valence-electron chi connectivity index (χ0n) is 11.2. The van der Waals surface area contributed by atoms with Crippen LogP contribution < -0.4 is 10.5 Å². The summed E-state index contributed by atoms with van der Waals surface area (Å²) in [5.41, 5.74) is 7.70. The minimum absolute atomic E-state index is 0.426. The molecule has 18 heavy (non-hydrogen) atoms. The Balaban J connectivity index is 1.97. The van der Waals surface area contributed by atoms with E-state index in [-0.39, 0.29) is 0 Å². The SMILES string of the molecule is COc1cc(N)ccc1CN1CCC(OC)CC1. The van der Waals surface area contributed by atoms with Gasteiger partial charge in [0.15, 0.2) is 0 Å². The summed E-state index contributed by atoms with van der Waals surface area (Å²) in [6.45, 7) is 3.07. The van der Waals surface area contributed by atoms with Gasteiger partial charge in [-0.3, -0.25) is 4.90 Å². The van der Waals surface area contributed by atoms with Gasteiger partial charge in [0.2, 0.25) is 0 Å². The number of rotatable bonds is 4. The molecule has 2 rings (SSSR count). The van der Waals surface area contributed by atoms with Crippen molar-refractivity contribution in [3.63, 3.8) is 0 Å². The third kappa shape index (κ3) is 3.15. The second kappa shape index (κ2) is 6.07. The molecule has 1 saturated heterocycles. The molecule has 1 aliphatic heterocycles. The lowest BCUT2D eigenvalue weighted by Gasteiger charge is -2.31. The maximum absolute atomic E-state index is 5.76. The summed E-state index contributed by atoms with van der Waals surface area (Å²) < 4.78 is 10.8. The third-order valence-corrected chi connectivity index (χ3v) is 3.57. The molecule has 0 aromatic heterocycles. The van der Waals surface area contributed by atoms with Crippen molar-refractivity contribution in [3.05, 3.63) is 23.8 Å². The molecule has 0 bridgehead atoms. The van der Waals surface area contributed by atoms with Crippen molar-refractivity contribution in [1.29, 1.82) is 0 Å². The van der Waals surface area contributed by atoms with Gasteiger partial charge in [-0.1, -0.05) is 6.07 Å². The number of anilines is 1. The molecule has 0 unspecified atom stereocenters. The summed E-state index contributed by atoms with van der Waals surface area (Å²) in [6.07, 6.45) is 2.64. The average Bonchev–Trinajstić information content (AvgIpc) is 2.41. The van der Waals surface area contributed by atoms with Crippen LogP contribution in [0, 0.1) is 0 Å². The van der Waals surface area contributed by atoms with Gasteiger partial charge in [-0.05, 0) is 18.9 Å². The van der Waals surface area contributed by atoms with Gasteiger partial charge in [-0.25, -0.2) is 0 Å². The van der Waals surface area contributed by atoms with E-state index >= 15 is 0 Å². The molecule has 0 spiro atoms. The largest absolute Gasteiger partial charge is 0.496 e. The van der Waals surface area contributed by atoms with E-state index in [0.29, 0.717) is 6.10 Å². The second-order valence-corrected chi connectivity index (χ2v) is 4.78. The van der Waals surface area contributed by atoms with Gasteiger partial charge >= 0.3 is 0 Å². The Morgan fingerprint density at radius 2 is 2.00 bits per heavy atom. The van der Waals surface area contributed by atoms with E-state index in [0.717, 1.165) is 43.9 Å². The van der Waals surface area contributed by atoms with Crippen LogP contribution in [0.25, 0.3) is 0 Å². The smallest absolute Gasteiger partial charge is 0.125 e. The van der Waals surface area contributed by atoms with Crippen molar-refractivity contribution in [2.45, 2.75) is 25.5 Å². The molecular formula is C14H22N2O2. The summed E-state index contributed by atoms with van der Waals surface area (Å²) in [7, 11) is 3.48. The Bertz CT molecular complexity index is 387. The van der Waals surface area contributed by atoms with Gasteiger partial charge in [-0.15, -0.1) is 0 Å². The molecule has 1 aromatic rings. The first-order chi connectivity index (χ1) is 8.72. The lowest BCUT2D eigenvalue weighted by Crippen LogP contribution is -2.36. The molecule has 0 saturated carbocycles. The second-order valence-electron chi connectivity index (χ2n) is 4.78. The molecule has 0 radical (unpaired) electrons. The molecule has 1 aromatic carbocycles. The van der Waals surface area contributed by atoms with Gasteiger partial charge in [0.1, 0.15) is 5.75 Å². The Morgan fingerprint density at radius 3 is 2.61 bits per heavy atom. The molecule has 1 fully saturated rings. The average molecular weight is 250 g/mol. The van der Waals surface area contributed by atoms with Gasteiger partial charge in [0, 0.05) is 44.1 Å². The first-order valence-corrected chi connectivity index (χ1v) is 6.40. The maximum atomic E-state index is 5.76. The Morgan fingerprint density at radius 1 is 1.28 bits per heavy atom. The molecule has 2 N–H and O–H groups in total. The van der Waals surface area contributed by atoms with E-state index < -0.39 is 0 Å². The van der Waals surface area contributed by atoms with E-state index in [1.54, 1.807) is 14.2 Å². The van der Waals surface area contributed by atoms with Crippen molar-refractivity contribution in [2.24, 2.45) is 0 Å². The molecule has 0 aliphatic carbocycles. The summed E-state index contributed by atoms with van der Waals surface area (Å²) in [6, 6.07) is 5.87. The molecule has 1 aliphatic rings. The van der Waals surface area contributed by atoms with E-state index in [1.165, 1.54) is 5.56 Å². The van der Waals surface area contributed by atoms with Gasteiger partial charge in [0.05, 0.1) is 13.2 Å². The third-order valence-electron chi connectivity index (χ3n) is 3.57. The monoisotopic (exact) mass is 250 g/mol. The van der Waals surface area contributed by atoms with Gasteiger partial charge < -0.3 is 15.2 Å². The van der Waals surface area contributed by atoms with Gasteiger partial charge in [-0.2, -0.15) is 0 Å². The van der Waals surface area contributed by atoms with Crippen molar-refractivity contribution in [1.82, 2.24) is 4.90 Å². The van der Waals surface area contributed by atoms with E-state index in [4.69, 9.17) is 15.2 Å². The van der Waals surface area contributed by atoms with Crippen LogP contribution in [0.15, 0.2) is 18.2 Å². The number of hydrogen-bond donors (Lipinski definition) is 1. The molecule has 1 heterocycles. The quantitative estimate of drug-likeness (QED) is 0.829. The molecule has 100 valence electrons. The first-order valence-electron chi connectivity index (χ1n) is 6.40. The number of hydrogen-bond acceptors (Lipinski definition) is 4. The number of methoxy groups -OCH3 is 2. The van der Waals surface area contributed by atoms with Gasteiger partial charge in [0.25, 0.3) is 0 Å². The number of ether oxygens (including phenoxy) is 2. The van der Waals surface area contributed by atoms with E-state index in [9.17, 15) is 0 Å². The van der Waals surface area contributed by atoms with Crippen LogP contribution in [0.4, 0.5) is 5.69 Å². The summed E-state index contributed by atoms with van der Waals surface area (Å²) >= 11 is 0. The van der Waals surface area contributed by atoms with Crippen molar-refractivity contribution in [3.8, 4) is 5.75 Å². The molecule has 4 nitrogen and oxygen atoms in total. The zero-order chi connectivity index (χ0) is 13.0. The standard InChI is InChI=1S/C14H22N2O2/c1-17-13-5-7-16(8-6-13)10-11-3-4-12(15)9-14(11)18-2/h3-4,9,13H,5-8,10,15H2,1-2H3. The lowest BCUT2D eigenvalue weighted by atomic mass is 10.1. The predicted octanol–water partition coefficient (Wildman–Crippen LogP) is 1.89. The normalized spacial score (nSPS) is 17.9. The number of piperidine rings is 1. The fourth-order valence-corrected chi connectivity index (χ4v) is 2.44. The van der Waals surface area contributed by atoms with Crippen LogP contribution in [-0.2, 0) is 11.3 Å². The minimum atomic E-state index is 0.426. The van der Waals surface area contributed by atoms with Crippen LogP contribution in [0.5, 0.6) is 5.75 Å². The van der Waals surface area contributed by atoms with Crippen molar-refractivity contribution in [2.75, 3.05) is 33.0 Å². The number of nitrogens with two attached hydrogens (primary N) is 1. The highest BCUT2D eigenvalue weighted by molar-refractivity contribution is 5.48. The number of nitrogens with zero attached hydrogens (tertiary/aromatic N) is 1. The topological polar surface area (TPSA) is 47.7 Å². The Hall–Kier alpha value is -1.26. The lowest BCUT2D eigenvalue weighted by molar-refractivity contribution is 0.0387. The fraction of sp³-hybridized carbons (Fsp3) is 0.571. The zero-order valence-corrected chi connectivity index (χ0v) is 11.2. The van der Waals surface area contributed by atoms with Crippen LogP contribution in [0.2, 0.25) is 0 Å². The summed E-state index contributed by atoms with van der Waals surface area (Å²) in [5, 5.41) is 0. The summed E-state index contributed by atoms with van der Waals surface area (Å²) in [5.74, 6) is 0.879. The molecule has 0 atom stereocenters. The first kappa shape index (κ1) is 13.2. The molecule has 4 heteroatoms. The van der Waals surface area contributed by atoms with Crippen LogP contribution in [-0.4, -0.2) is 38.3 Å². The van der Waals surface area contributed by atoms with Crippen LogP contribution in [0.1, 0.15) is 18.4 Å². The highest BCUT2D eigenvalue weighted by Crippen LogP contribution is 2.24. The van der Waals surface area contributed by atoms with Crippen LogP contribution in [0.3, 0.4) is 0 Å². The van der Waals surface area contributed by atoms with Crippen molar-refractivity contribution < 1.29 is 9.47 Å². The fourth-order valence-electron chi connectivity index (χ4n) is 2.44. The number of benzene rings is 1. The minimum Gasteiger partial charge on any atom is -0.496 e. The number of nitrogen functional groups attached to an aromatic ring is 1.